The highest BCUT2D eigenvalue weighted by Gasteiger charge is 2.35. The van der Waals surface area contributed by atoms with E-state index in [0.29, 0.717) is 5.92 Å². The van der Waals surface area contributed by atoms with Crippen LogP contribution in [0, 0.1) is 5.92 Å². The molecule has 1 aromatic carbocycles. The van der Waals surface area contributed by atoms with Crippen LogP contribution in [0.3, 0.4) is 0 Å². The monoisotopic (exact) mass is 286 g/mol. The van der Waals surface area contributed by atoms with Crippen molar-refractivity contribution in [3.8, 4) is 0 Å². The Kier molecular flexibility index (Phi) is 4.34. The maximum absolute atomic E-state index is 5.79. The summed E-state index contributed by atoms with van der Waals surface area (Å²) in [5.41, 5.74) is 1.30. The van der Waals surface area contributed by atoms with Crippen LogP contribution in [0.25, 0.3) is 0 Å². The molecule has 1 aliphatic heterocycles. The van der Waals surface area contributed by atoms with Crippen molar-refractivity contribution in [3.05, 3.63) is 47.6 Å². The molecule has 0 N–H and O–H groups in total. The second-order valence-electron chi connectivity index (χ2n) is 6.01. The second kappa shape index (κ2) is 6.39. The molecule has 4 heteroatoms. The van der Waals surface area contributed by atoms with Gasteiger partial charge in [0.2, 0.25) is 5.89 Å². The average molecular weight is 286 g/mol. The average Bonchev–Trinajstić information content (AvgIpc) is 3.15. The Labute approximate surface area is 125 Å². The zero-order valence-electron chi connectivity index (χ0n) is 12.7. The van der Waals surface area contributed by atoms with Crippen molar-refractivity contribution in [1.29, 1.82) is 0 Å². The first-order valence-corrected chi connectivity index (χ1v) is 7.72. The first-order chi connectivity index (χ1) is 10.2. The molecule has 0 aliphatic carbocycles. The number of hydrogen-bond acceptors (Lipinski definition) is 4. The third-order valence-corrected chi connectivity index (χ3v) is 4.07. The number of aryl methyl sites for hydroxylation is 2. The van der Waals surface area contributed by atoms with E-state index in [-0.39, 0.29) is 12.0 Å². The number of rotatable bonds is 5. The van der Waals surface area contributed by atoms with Crippen molar-refractivity contribution < 1.29 is 9.26 Å². The van der Waals surface area contributed by atoms with Crippen LogP contribution in [0.2, 0.25) is 0 Å². The summed E-state index contributed by atoms with van der Waals surface area (Å²) in [4.78, 5) is 4.58. The van der Waals surface area contributed by atoms with Crippen molar-refractivity contribution >= 4 is 0 Å². The number of nitrogens with zero attached hydrogens (tertiary/aromatic N) is 2. The number of benzene rings is 1. The fraction of sp³-hybridized carbons (Fsp3) is 0.529. The quantitative estimate of drug-likeness (QED) is 0.845. The SMILES string of the molecule is CC(C)[C@H]1OCC[C@H]1c1nc(CCc2ccccc2)no1. The molecule has 1 aliphatic rings. The van der Waals surface area contributed by atoms with Gasteiger partial charge in [-0.05, 0) is 24.3 Å². The van der Waals surface area contributed by atoms with Crippen molar-refractivity contribution in [2.75, 3.05) is 6.61 Å². The van der Waals surface area contributed by atoms with Gasteiger partial charge in [0.15, 0.2) is 5.82 Å². The lowest BCUT2D eigenvalue weighted by Crippen LogP contribution is -2.21. The fourth-order valence-corrected chi connectivity index (χ4v) is 2.95. The van der Waals surface area contributed by atoms with Crippen LogP contribution < -0.4 is 0 Å². The van der Waals surface area contributed by atoms with Gasteiger partial charge in [-0.2, -0.15) is 4.98 Å². The van der Waals surface area contributed by atoms with Gasteiger partial charge in [0.1, 0.15) is 0 Å². The minimum absolute atomic E-state index is 0.201. The topological polar surface area (TPSA) is 48.2 Å². The summed E-state index contributed by atoms with van der Waals surface area (Å²) in [5, 5.41) is 4.13. The number of ether oxygens (including phenoxy) is 1. The molecule has 2 aromatic rings. The molecule has 0 bridgehead atoms. The lowest BCUT2D eigenvalue weighted by molar-refractivity contribution is 0.0627. The Hall–Kier alpha value is -1.68. The Morgan fingerprint density at radius 1 is 1.19 bits per heavy atom. The molecule has 1 saturated heterocycles. The summed E-state index contributed by atoms with van der Waals surface area (Å²) < 4.78 is 11.3. The molecule has 0 spiro atoms. The van der Waals surface area contributed by atoms with Gasteiger partial charge in [-0.15, -0.1) is 0 Å². The van der Waals surface area contributed by atoms with E-state index in [9.17, 15) is 0 Å². The molecule has 4 nitrogen and oxygen atoms in total. The van der Waals surface area contributed by atoms with Gasteiger partial charge in [-0.3, -0.25) is 0 Å². The van der Waals surface area contributed by atoms with Crippen LogP contribution in [0.5, 0.6) is 0 Å². The second-order valence-corrected chi connectivity index (χ2v) is 6.01. The molecule has 2 atom stereocenters. The molecule has 21 heavy (non-hydrogen) atoms. The summed E-state index contributed by atoms with van der Waals surface area (Å²) in [6.45, 7) is 5.14. The molecule has 0 saturated carbocycles. The number of aromatic nitrogens is 2. The van der Waals surface area contributed by atoms with Crippen molar-refractivity contribution in [2.45, 2.75) is 45.1 Å². The normalized spacial score (nSPS) is 22.0. The van der Waals surface area contributed by atoms with E-state index >= 15 is 0 Å². The predicted molar refractivity (Wildman–Crippen MR) is 80.1 cm³/mol. The molecular weight excluding hydrogens is 264 g/mol. The lowest BCUT2D eigenvalue weighted by atomic mass is 9.93. The Morgan fingerprint density at radius 2 is 2.00 bits per heavy atom. The molecule has 0 radical (unpaired) electrons. The van der Waals surface area contributed by atoms with E-state index in [1.54, 1.807) is 0 Å². The van der Waals surface area contributed by atoms with Crippen LogP contribution >= 0.6 is 0 Å². The van der Waals surface area contributed by atoms with Gasteiger partial charge in [0.25, 0.3) is 0 Å². The third kappa shape index (κ3) is 3.32. The molecule has 112 valence electrons. The standard InChI is InChI=1S/C17H22N2O2/c1-12(2)16-14(10-11-20-16)17-18-15(19-21-17)9-8-13-6-4-3-5-7-13/h3-7,12,14,16H,8-11H2,1-2H3/t14-,16-/m1/s1. The van der Waals surface area contributed by atoms with Crippen LogP contribution in [-0.2, 0) is 17.6 Å². The summed E-state index contributed by atoms with van der Waals surface area (Å²) in [5.74, 6) is 2.26. The van der Waals surface area contributed by atoms with Gasteiger partial charge in [-0.25, -0.2) is 0 Å². The molecule has 3 rings (SSSR count). The largest absolute Gasteiger partial charge is 0.377 e. The maximum Gasteiger partial charge on any atom is 0.232 e. The summed E-state index contributed by atoms with van der Waals surface area (Å²) in [7, 11) is 0. The Balaban J connectivity index is 1.63. The van der Waals surface area contributed by atoms with E-state index in [1.165, 1.54) is 5.56 Å². The van der Waals surface area contributed by atoms with E-state index < -0.39 is 0 Å². The Morgan fingerprint density at radius 3 is 2.76 bits per heavy atom. The highest BCUT2D eigenvalue weighted by molar-refractivity contribution is 5.15. The van der Waals surface area contributed by atoms with Gasteiger partial charge in [0.05, 0.1) is 12.0 Å². The molecular formula is C17H22N2O2. The smallest absolute Gasteiger partial charge is 0.232 e. The van der Waals surface area contributed by atoms with E-state index in [0.717, 1.165) is 37.6 Å². The molecule has 1 aromatic heterocycles. The van der Waals surface area contributed by atoms with Crippen LogP contribution in [0.4, 0.5) is 0 Å². The van der Waals surface area contributed by atoms with E-state index in [4.69, 9.17) is 9.26 Å². The zero-order valence-corrected chi connectivity index (χ0v) is 12.7. The van der Waals surface area contributed by atoms with Gasteiger partial charge >= 0.3 is 0 Å². The predicted octanol–water partition coefficient (Wildman–Crippen LogP) is 3.38. The highest BCUT2D eigenvalue weighted by Crippen LogP contribution is 2.34. The highest BCUT2D eigenvalue weighted by atomic mass is 16.5. The molecule has 1 fully saturated rings. The van der Waals surface area contributed by atoms with Crippen LogP contribution in [-0.4, -0.2) is 22.9 Å². The summed E-state index contributed by atoms with van der Waals surface area (Å²) in [6.07, 6.45) is 2.93. The summed E-state index contributed by atoms with van der Waals surface area (Å²) in [6, 6.07) is 10.4. The van der Waals surface area contributed by atoms with Crippen molar-refractivity contribution in [3.63, 3.8) is 0 Å². The first-order valence-electron chi connectivity index (χ1n) is 7.72. The van der Waals surface area contributed by atoms with Gasteiger partial charge in [-0.1, -0.05) is 49.3 Å². The van der Waals surface area contributed by atoms with Crippen LogP contribution in [0.15, 0.2) is 34.9 Å². The molecule has 0 amide bonds. The fourth-order valence-electron chi connectivity index (χ4n) is 2.95. The van der Waals surface area contributed by atoms with Crippen molar-refractivity contribution in [2.24, 2.45) is 5.92 Å². The summed E-state index contributed by atoms with van der Waals surface area (Å²) >= 11 is 0. The zero-order chi connectivity index (χ0) is 14.7. The molecule has 2 heterocycles. The maximum atomic E-state index is 5.79. The van der Waals surface area contributed by atoms with E-state index in [1.807, 2.05) is 6.07 Å². The number of hydrogen-bond donors (Lipinski definition) is 0. The van der Waals surface area contributed by atoms with Crippen molar-refractivity contribution in [1.82, 2.24) is 10.1 Å². The minimum Gasteiger partial charge on any atom is -0.377 e. The van der Waals surface area contributed by atoms with Gasteiger partial charge in [0, 0.05) is 13.0 Å². The van der Waals surface area contributed by atoms with E-state index in [2.05, 4.69) is 48.3 Å². The van der Waals surface area contributed by atoms with Gasteiger partial charge < -0.3 is 9.26 Å². The minimum atomic E-state index is 0.201. The Bertz CT molecular complexity index is 565. The first kappa shape index (κ1) is 14.3. The lowest BCUT2D eigenvalue weighted by Gasteiger charge is -2.18. The molecule has 0 unspecified atom stereocenters. The van der Waals surface area contributed by atoms with Crippen LogP contribution in [0.1, 0.15) is 43.5 Å². The third-order valence-electron chi connectivity index (χ3n) is 4.07.